The second kappa shape index (κ2) is 13.8. The molecule has 41 heavy (non-hydrogen) atoms. The maximum absolute atomic E-state index is 13.6. The minimum atomic E-state index is -0.266. The monoisotopic (exact) mass is 556 g/mol. The number of rotatable bonds is 10. The van der Waals surface area contributed by atoms with E-state index in [-0.39, 0.29) is 23.6 Å². The Morgan fingerprint density at radius 1 is 0.878 bits per heavy atom. The maximum Gasteiger partial charge on any atom is 0.256 e. The Morgan fingerprint density at radius 2 is 1.54 bits per heavy atom. The van der Waals surface area contributed by atoms with Gasteiger partial charge in [-0.15, -0.1) is 0 Å². The fourth-order valence-corrected chi connectivity index (χ4v) is 5.31. The molecule has 3 aromatic carbocycles. The number of benzene rings is 3. The summed E-state index contributed by atoms with van der Waals surface area (Å²) in [5.74, 6) is 0.312. The van der Waals surface area contributed by atoms with Crippen LogP contribution >= 0.6 is 0 Å². The van der Waals surface area contributed by atoms with Crippen LogP contribution < -0.4 is 15.0 Å². The highest BCUT2D eigenvalue weighted by molar-refractivity contribution is 6.06. The fraction of sp³-hybridized carbons (Fsp3) is 0.364. The van der Waals surface area contributed by atoms with Gasteiger partial charge in [0, 0.05) is 56.2 Å². The van der Waals surface area contributed by atoms with Crippen LogP contribution in [0.3, 0.4) is 0 Å². The smallest absolute Gasteiger partial charge is 0.256 e. The summed E-state index contributed by atoms with van der Waals surface area (Å²) in [6.45, 7) is 9.52. The van der Waals surface area contributed by atoms with E-state index in [1.54, 1.807) is 42.3 Å². The molecule has 8 heteroatoms. The minimum Gasteiger partial charge on any atom is -0.497 e. The molecular weight excluding hydrogens is 516 g/mol. The van der Waals surface area contributed by atoms with E-state index in [9.17, 15) is 14.4 Å². The highest BCUT2D eigenvalue weighted by atomic mass is 16.5. The number of nitrogens with one attached hydrogen (secondary N) is 1. The maximum atomic E-state index is 13.6. The number of nitrogens with zero attached hydrogens (tertiary/aromatic N) is 3. The first-order valence-electron chi connectivity index (χ1n) is 14.4. The average molecular weight is 557 g/mol. The number of carbonyl (C=O) groups excluding carboxylic acids is 3. The molecule has 0 radical (unpaired) electrons. The molecular formula is C33H40N4O4. The SMILES string of the molecule is CCC(C(=O)N1CCN(c2ccc(NC(=O)c3ccc(OC)cc3)cc2C(=O)N(CC)CC)CC1)c1ccccc1. The van der Waals surface area contributed by atoms with Crippen molar-refractivity contribution >= 4 is 29.1 Å². The van der Waals surface area contributed by atoms with Gasteiger partial charge in [0.1, 0.15) is 5.75 Å². The van der Waals surface area contributed by atoms with Gasteiger partial charge >= 0.3 is 0 Å². The van der Waals surface area contributed by atoms with Crippen molar-refractivity contribution in [2.75, 3.05) is 56.6 Å². The van der Waals surface area contributed by atoms with Crippen molar-refractivity contribution in [2.24, 2.45) is 0 Å². The molecule has 1 atom stereocenters. The zero-order valence-corrected chi connectivity index (χ0v) is 24.4. The first-order valence-corrected chi connectivity index (χ1v) is 14.4. The van der Waals surface area contributed by atoms with Gasteiger partial charge in [0.15, 0.2) is 0 Å². The Morgan fingerprint density at radius 3 is 2.12 bits per heavy atom. The van der Waals surface area contributed by atoms with Gasteiger partial charge in [-0.3, -0.25) is 14.4 Å². The molecule has 1 unspecified atom stereocenters. The van der Waals surface area contributed by atoms with Crippen LogP contribution in [-0.4, -0.2) is 73.9 Å². The van der Waals surface area contributed by atoms with E-state index in [0.29, 0.717) is 61.8 Å². The van der Waals surface area contributed by atoms with Gasteiger partial charge in [-0.25, -0.2) is 0 Å². The lowest BCUT2D eigenvalue weighted by Gasteiger charge is -2.38. The summed E-state index contributed by atoms with van der Waals surface area (Å²) in [6.07, 6.45) is 0.745. The summed E-state index contributed by atoms with van der Waals surface area (Å²) < 4.78 is 5.18. The van der Waals surface area contributed by atoms with Gasteiger partial charge in [0.05, 0.1) is 18.6 Å². The van der Waals surface area contributed by atoms with Crippen molar-refractivity contribution in [1.29, 1.82) is 0 Å². The number of hydrogen-bond donors (Lipinski definition) is 1. The summed E-state index contributed by atoms with van der Waals surface area (Å²) in [5, 5.41) is 2.93. The van der Waals surface area contributed by atoms with Gasteiger partial charge < -0.3 is 24.8 Å². The molecule has 0 spiro atoms. The molecule has 1 saturated heterocycles. The molecule has 1 heterocycles. The standard InChI is InChI=1S/C33H40N4O4/c1-5-28(24-11-9-8-10-12-24)32(39)37-21-19-36(20-22-37)30-18-15-26(23-29(30)33(40)35(6-2)7-3)34-31(38)25-13-16-27(41-4)17-14-25/h8-18,23,28H,5-7,19-22H2,1-4H3,(H,34,38). The molecule has 1 N–H and O–H groups in total. The second-order valence-electron chi connectivity index (χ2n) is 10.1. The molecule has 216 valence electrons. The van der Waals surface area contributed by atoms with Gasteiger partial charge in [-0.1, -0.05) is 37.3 Å². The second-order valence-corrected chi connectivity index (χ2v) is 10.1. The Balaban J connectivity index is 1.53. The van der Waals surface area contributed by atoms with Crippen LogP contribution in [0, 0.1) is 0 Å². The number of methoxy groups -OCH3 is 1. The van der Waals surface area contributed by atoms with Crippen LogP contribution in [0.1, 0.15) is 59.4 Å². The number of amides is 3. The molecule has 0 aromatic heterocycles. The lowest BCUT2D eigenvalue weighted by atomic mass is 9.94. The summed E-state index contributed by atoms with van der Waals surface area (Å²) in [7, 11) is 1.58. The zero-order valence-electron chi connectivity index (χ0n) is 24.4. The first-order chi connectivity index (χ1) is 19.9. The molecule has 1 aliphatic rings. The normalized spacial score (nSPS) is 13.9. The van der Waals surface area contributed by atoms with E-state index in [1.165, 1.54) is 0 Å². The number of ether oxygens (including phenoxy) is 1. The van der Waals surface area contributed by atoms with Crippen LogP contribution in [0.25, 0.3) is 0 Å². The van der Waals surface area contributed by atoms with Gasteiger partial charge in [-0.2, -0.15) is 0 Å². The van der Waals surface area contributed by atoms with Crippen LogP contribution in [0.5, 0.6) is 5.75 Å². The van der Waals surface area contributed by atoms with Gasteiger partial charge in [0.25, 0.3) is 11.8 Å². The molecule has 3 aromatic rings. The molecule has 4 rings (SSSR count). The Kier molecular flexibility index (Phi) is 10.0. The third-order valence-electron chi connectivity index (χ3n) is 7.73. The third-order valence-corrected chi connectivity index (χ3v) is 7.73. The third kappa shape index (κ3) is 6.88. The van der Waals surface area contributed by atoms with E-state index in [0.717, 1.165) is 17.7 Å². The predicted octanol–water partition coefficient (Wildman–Crippen LogP) is 5.27. The van der Waals surface area contributed by atoms with Crippen LogP contribution in [0.2, 0.25) is 0 Å². The minimum absolute atomic E-state index is 0.0841. The van der Waals surface area contributed by atoms with E-state index in [4.69, 9.17) is 4.74 Å². The largest absolute Gasteiger partial charge is 0.497 e. The van der Waals surface area contributed by atoms with Crippen molar-refractivity contribution in [3.63, 3.8) is 0 Å². The summed E-state index contributed by atoms with van der Waals surface area (Å²) in [5.41, 5.74) is 3.44. The van der Waals surface area contributed by atoms with Crippen LogP contribution in [0.15, 0.2) is 72.8 Å². The van der Waals surface area contributed by atoms with Gasteiger partial charge in [0.2, 0.25) is 5.91 Å². The number of hydrogen-bond acceptors (Lipinski definition) is 5. The summed E-state index contributed by atoms with van der Waals surface area (Å²) in [4.78, 5) is 45.8. The van der Waals surface area contributed by atoms with E-state index in [2.05, 4.69) is 10.2 Å². The summed E-state index contributed by atoms with van der Waals surface area (Å²) >= 11 is 0. The first kappa shape index (κ1) is 29.6. The molecule has 1 fully saturated rings. The quantitative estimate of drug-likeness (QED) is 0.368. The number of piperazine rings is 1. The Hall–Kier alpha value is -4.33. The van der Waals surface area contributed by atoms with Crippen molar-refractivity contribution in [1.82, 2.24) is 9.80 Å². The summed E-state index contributed by atoms with van der Waals surface area (Å²) in [6, 6.07) is 22.3. The lowest BCUT2D eigenvalue weighted by molar-refractivity contribution is -0.133. The zero-order chi connectivity index (χ0) is 29.4. The fourth-order valence-electron chi connectivity index (χ4n) is 5.31. The topological polar surface area (TPSA) is 82.2 Å². The van der Waals surface area contributed by atoms with E-state index >= 15 is 0 Å². The van der Waals surface area contributed by atoms with Crippen LogP contribution in [-0.2, 0) is 4.79 Å². The van der Waals surface area contributed by atoms with Gasteiger partial charge in [-0.05, 0) is 68.3 Å². The Labute approximate surface area is 242 Å². The van der Waals surface area contributed by atoms with Crippen molar-refractivity contribution < 1.29 is 19.1 Å². The van der Waals surface area contributed by atoms with E-state index in [1.807, 2.05) is 68.1 Å². The lowest BCUT2D eigenvalue weighted by Crippen LogP contribution is -2.50. The van der Waals surface area contributed by atoms with Crippen molar-refractivity contribution in [2.45, 2.75) is 33.1 Å². The predicted molar refractivity (Wildman–Crippen MR) is 163 cm³/mol. The Bertz CT molecular complexity index is 1330. The van der Waals surface area contributed by atoms with Crippen molar-refractivity contribution in [3.05, 3.63) is 89.5 Å². The molecule has 0 aliphatic carbocycles. The molecule has 0 bridgehead atoms. The van der Waals surface area contributed by atoms with E-state index < -0.39 is 0 Å². The number of anilines is 2. The number of carbonyl (C=O) groups is 3. The molecule has 0 saturated carbocycles. The van der Waals surface area contributed by atoms with Crippen molar-refractivity contribution in [3.8, 4) is 5.75 Å². The molecule has 8 nitrogen and oxygen atoms in total. The molecule has 3 amide bonds. The average Bonchev–Trinajstić information content (AvgIpc) is 3.02. The van der Waals surface area contributed by atoms with Crippen LogP contribution in [0.4, 0.5) is 11.4 Å². The highest BCUT2D eigenvalue weighted by Crippen LogP contribution is 2.29. The molecule has 1 aliphatic heterocycles. The highest BCUT2D eigenvalue weighted by Gasteiger charge is 2.29.